The summed E-state index contributed by atoms with van der Waals surface area (Å²) in [6, 6.07) is 97.5. The first-order valence-electron chi connectivity index (χ1n) is 23.4. The van der Waals surface area contributed by atoms with Crippen LogP contribution in [0.5, 0.6) is 0 Å². The molecule has 0 atom stereocenters. The zero-order chi connectivity index (χ0) is 45.0. The van der Waals surface area contributed by atoms with Crippen LogP contribution in [-0.2, 0) is 0 Å². The molecule has 0 bridgehead atoms. The molecule has 0 saturated carbocycles. The van der Waals surface area contributed by atoms with Crippen LogP contribution in [0.25, 0.3) is 104 Å². The Kier molecular flexibility index (Phi) is 9.54. The zero-order valence-electron chi connectivity index (χ0n) is 37.3. The van der Waals surface area contributed by atoms with Crippen LogP contribution in [0.4, 0.5) is 17.1 Å². The molecule has 0 spiro atoms. The second kappa shape index (κ2) is 16.5. The smallest absolute Gasteiger partial charge is 0.0547 e. The summed E-state index contributed by atoms with van der Waals surface area (Å²) >= 11 is 0. The van der Waals surface area contributed by atoms with Gasteiger partial charge in [0.15, 0.2) is 0 Å². The van der Waals surface area contributed by atoms with Gasteiger partial charge in [-0.05, 0) is 144 Å². The van der Waals surface area contributed by atoms with Gasteiger partial charge in [-0.2, -0.15) is 0 Å². The van der Waals surface area contributed by atoms with E-state index < -0.39 is 0 Å². The summed E-state index contributed by atoms with van der Waals surface area (Å²) in [6.45, 7) is 0. The van der Waals surface area contributed by atoms with Gasteiger partial charge in [-0.15, -0.1) is 0 Å². The Bertz CT molecular complexity index is 4010. The molecule has 0 fully saturated rings. The lowest BCUT2D eigenvalue weighted by atomic mass is 9.94. The molecule has 0 amide bonds. The van der Waals surface area contributed by atoms with Gasteiger partial charge in [0.25, 0.3) is 0 Å². The van der Waals surface area contributed by atoms with E-state index in [1.807, 2.05) is 0 Å². The minimum absolute atomic E-state index is 1.08. The summed E-state index contributed by atoms with van der Waals surface area (Å²) in [5, 5.41) is 10.1. The van der Waals surface area contributed by atoms with E-state index in [1.54, 1.807) is 0 Å². The Labute approximate surface area is 395 Å². The van der Waals surface area contributed by atoms with E-state index in [1.165, 1.54) is 98.6 Å². The summed E-state index contributed by atoms with van der Waals surface area (Å²) in [5.74, 6) is 0. The van der Waals surface area contributed by atoms with Crippen molar-refractivity contribution in [3.8, 4) is 50.2 Å². The maximum atomic E-state index is 2.39. The Morgan fingerprint density at radius 2 is 0.735 bits per heavy atom. The largest absolute Gasteiger partial charge is 0.310 e. The maximum Gasteiger partial charge on any atom is 0.0547 e. The number of benzene rings is 12. The molecule has 0 aliphatic heterocycles. The molecule has 13 aromatic rings. The number of para-hydroxylation sites is 2. The van der Waals surface area contributed by atoms with E-state index in [0.717, 1.165) is 22.7 Å². The average molecular weight is 865 g/mol. The van der Waals surface area contributed by atoms with Gasteiger partial charge in [0.1, 0.15) is 0 Å². The molecule has 0 saturated heterocycles. The Morgan fingerprint density at radius 3 is 1.50 bits per heavy atom. The van der Waals surface area contributed by atoms with Crippen molar-refractivity contribution in [1.29, 1.82) is 0 Å². The third kappa shape index (κ3) is 6.82. The zero-order valence-corrected chi connectivity index (χ0v) is 37.3. The van der Waals surface area contributed by atoms with E-state index in [0.29, 0.717) is 0 Å². The number of hydrogen-bond acceptors (Lipinski definition) is 1. The normalized spacial score (nSPS) is 11.5. The van der Waals surface area contributed by atoms with Crippen LogP contribution in [0, 0.1) is 0 Å². The van der Waals surface area contributed by atoms with Gasteiger partial charge in [0.05, 0.1) is 11.0 Å². The van der Waals surface area contributed by atoms with Crippen molar-refractivity contribution < 1.29 is 0 Å². The van der Waals surface area contributed by atoms with E-state index >= 15 is 0 Å². The molecule has 0 aliphatic rings. The highest BCUT2D eigenvalue weighted by atomic mass is 15.1. The molecule has 0 unspecified atom stereocenters. The third-order valence-electron chi connectivity index (χ3n) is 13.8. The summed E-state index contributed by atoms with van der Waals surface area (Å²) in [6.07, 6.45) is 0. The fraction of sp³-hybridized carbons (Fsp3) is 0. The first-order valence-corrected chi connectivity index (χ1v) is 23.4. The molecule has 12 aromatic carbocycles. The molecular formula is C66H44N2. The molecule has 0 aliphatic carbocycles. The Balaban J connectivity index is 0.910. The number of fused-ring (bicyclic) bond motifs is 7. The highest BCUT2D eigenvalue weighted by Crippen LogP contribution is 2.42. The SMILES string of the molecule is c1ccc(-n2c3ccccc3c3ccc(-c4ccc(N(c5ccc(-c6cccc(-c7cccc8ccccc78)c6)cc5)c5cccc(-c6cccc7c6ccc6ccccc67)c5)cc4)cc32)cc1. The van der Waals surface area contributed by atoms with Crippen molar-refractivity contribution in [2.75, 3.05) is 4.90 Å². The number of hydrogen-bond donors (Lipinski definition) is 0. The van der Waals surface area contributed by atoms with Crippen molar-refractivity contribution in [2.45, 2.75) is 0 Å². The second-order valence-electron chi connectivity index (χ2n) is 17.7. The first-order chi connectivity index (χ1) is 33.7. The predicted molar refractivity (Wildman–Crippen MR) is 290 cm³/mol. The van der Waals surface area contributed by atoms with Crippen molar-refractivity contribution in [3.63, 3.8) is 0 Å². The van der Waals surface area contributed by atoms with Crippen LogP contribution in [-0.4, -0.2) is 4.57 Å². The van der Waals surface area contributed by atoms with Gasteiger partial charge in [-0.3, -0.25) is 0 Å². The fourth-order valence-electron chi connectivity index (χ4n) is 10.5. The van der Waals surface area contributed by atoms with Crippen LogP contribution in [0.2, 0.25) is 0 Å². The van der Waals surface area contributed by atoms with Crippen LogP contribution < -0.4 is 4.90 Å². The number of anilines is 3. The minimum Gasteiger partial charge on any atom is -0.310 e. The first kappa shape index (κ1) is 39.4. The van der Waals surface area contributed by atoms with Crippen molar-refractivity contribution in [1.82, 2.24) is 4.57 Å². The molecule has 318 valence electrons. The van der Waals surface area contributed by atoms with Gasteiger partial charge in [0.2, 0.25) is 0 Å². The van der Waals surface area contributed by atoms with E-state index in [9.17, 15) is 0 Å². The number of aromatic nitrogens is 1. The number of nitrogens with zero attached hydrogens (tertiary/aromatic N) is 2. The molecule has 1 aromatic heterocycles. The number of rotatable bonds is 8. The van der Waals surface area contributed by atoms with Gasteiger partial charge in [-0.1, -0.05) is 200 Å². The quantitative estimate of drug-likeness (QED) is 0.138. The Morgan fingerprint density at radius 1 is 0.235 bits per heavy atom. The van der Waals surface area contributed by atoms with Gasteiger partial charge in [0, 0.05) is 33.5 Å². The molecule has 0 radical (unpaired) electrons. The maximum absolute atomic E-state index is 2.39. The van der Waals surface area contributed by atoms with Gasteiger partial charge in [-0.25, -0.2) is 0 Å². The fourth-order valence-corrected chi connectivity index (χ4v) is 10.5. The summed E-state index contributed by atoms with van der Waals surface area (Å²) in [7, 11) is 0. The highest BCUT2D eigenvalue weighted by Gasteiger charge is 2.18. The lowest BCUT2D eigenvalue weighted by Gasteiger charge is -2.26. The van der Waals surface area contributed by atoms with Crippen LogP contribution in [0.1, 0.15) is 0 Å². The standard InChI is InChI=1S/C66H44N2/c1-2-20-53(21-3-1)68-65-29-9-8-25-63(65)64-41-35-50(44-66(64)68)46-32-38-55(39-33-46)67(56-22-11-19-52(43-56)60-27-13-28-61-58-24-7-5-15-48(58)34-40-62(60)61)54-36-30-45(31-37-54)49-17-10-18-51(42-49)59-26-12-16-47-14-4-6-23-57(47)59/h1-44H. The lowest BCUT2D eigenvalue weighted by molar-refractivity contribution is 1.18. The molecule has 0 N–H and O–H groups in total. The van der Waals surface area contributed by atoms with Crippen LogP contribution in [0.15, 0.2) is 267 Å². The van der Waals surface area contributed by atoms with Crippen molar-refractivity contribution in [2.24, 2.45) is 0 Å². The molecular weight excluding hydrogens is 821 g/mol. The summed E-state index contributed by atoms with van der Waals surface area (Å²) in [5.41, 5.74) is 16.4. The molecule has 2 nitrogen and oxygen atoms in total. The predicted octanol–water partition coefficient (Wildman–Crippen LogP) is 18.4. The van der Waals surface area contributed by atoms with Crippen molar-refractivity contribution >= 4 is 71.2 Å². The minimum atomic E-state index is 1.08. The van der Waals surface area contributed by atoms with Crippen LogP contribution >= 0.6 is 0 Å². The average Bonchev–Trinajstić information content (AvgIpc) is 3.75. The topological polar surface area (TPSA) is 8.17 Å². The molecule has 68 heavy (non-hydrogen) atoms. The van der Waals surface area contributed by atoms with E-state index in [4.69, 9.17) is 0 Å². The van der Waals surface area contributed by atoms with Crippen LogP contribution in [0.3, 0.4) is 0 Å². The van der Waals surface area contributed by atoms with E-state index in [-0.39, 0.29) is 0 Å². The summed E-state index contributed by atoms with van der Waals surface area (Å²) in [4.78, 5) is 2.39. The Hall–Kier alpha value is -8.98. The van der Waals surface area contributed by atoms with Crippen molar-refractivity contribution in [3.05, 3.63) is 267 Å². The lowest BCUT2D eigenvalue weighted by Crippen LogP contribution is -2.10. The van der Waals surface area contributed by atoms with E-state index in [2.05, 4.69) is 276 Å². The third-order valence-corrected chi connectivity index (χ3v) is 13.8. The highest BCUT2D eigenvalue weighted by molar-refractivity contribution is 6.13. The molecule has 2 heteroatoms. The molecule has 13 rings (SSSR count). The summed E-state index contributed by atoms with van der Waals surface area (Å²) < 4.78 is 2.39. The second-order valence-corrected chi connectivity index (χ2v) is 17.7. The molecule has 1 heterocycles. The van der Waals surface area contributed by atoms with Gasteiger partial charge >= 0.3 is 0 Å². The monoisotopic (exact) mass is 864 g/mol. The van der Waals surface area contributed by atoms with Gasteiger partial charge < -0.3 is 9.47 Å².